The Balaban J connectivity index is 1.29. The van der Waals surface area contributed by atoms with Crippen LogP contribution in [-0.4, -0.2) is 37.9 Å². The van der Waals surface area contributed by atoms with Gasteiger partial charge in [-0.15, -0.1) is 5.10 Å². The van der Waals surface area contributed by atoms with Crippen molar-refractivity contribution in [3.63, 3.8) is 0 Å². The lowest BCUT2D eigenvalue weighted by Crippen LogP contribution is -2.46. The molecule has 3 aromatic rings. The highest BCUT2D eigenvalue weighted by Crippen LogP contribution is 2.43. The topological polar surface area (TPSA) is 51.0 Å². The molecule has 5 rings (SSSR count). The summed E-state index contributed by atoms with van der Waals surface area (Å²) in [6.07, 6.45) is 4.49. The highest BCUT2D eigenvalue weighted by Gasteiger charge is 2.43. The Bertz CT molecular complexity index is 1020. The van der Waals surface area contributed by atoms with E-state index in [0.29, 0.717) is 12.3 Å². The molecule has 6 heteroatoms. The van der Waals surface area contributed by atoms with Crippen LogP contribution in [0, 0.1) is 5.82 Å². The van der Waals surface area contributed by atoms with Crippen LogP contribution in [-0.2, 0) is 4.79 Å². The second-order valence-corrected chi connectivity index (χ2v) is 8.48. The van der Waals surface area contributed by atoms with E-state index < -0.39 is 0 Å². The van der Waals surface area contributed by atoms with E-state index in [4.69, 9.17) is 0 Å². The Morgan fingerprint density at radius 1 is 1.10 bits per heavy atom. The molecule has 5 nitrogen and oxygen atoms in total. The van der Waals surface area contributed by atoms with Gasteiger partial charge in [0.05, 0.1) is 11.6 Å². The summed E-state index contributed by atoms with van der Waals surface area (Å²) in [5, 5.41) is 8.48. The van der Waals surface area contributed by atoms with Gasteiger partial charge in [-0.25, -0.2) is 9.07 Å². The van der Waals surface area contributed by atoms with Gasteiger partial charge in [0.25, 0.3) is 0 Å². The Kier molecular flexibility index (Phi) is 4.57. The molecular weight excluding hydrogens is 367 g/mol. The predicted molar refractivity (Wildman–Crippen MR) is 109 cm³/mol. The third-order valence-electron chi connectivity index (χ3n) is 6.63. The van der Waals surface area contributed by atoms with Gasteiger partial charge in [-0.1, -0.05) is 29.5 Å². The van der Waals surface area contributed by atoms with Crippen molar-refractivity contribution in [2.24, 2.45) is 0 Å². The van der Waals surface area contributed by atoms with Gasteiger partial charge in [-0.2, -0.15) is 0 Å². The maximum Gasteiger partial charge on any atom is 0.225 e. The summed E-state index contributed by atoms with van der Waals surface area (Å²) in [7, 11) is 0. The number of hydrogen-bond acceptors (Lipinski definition) is 3. The van der Waals surface area contributed by atoms with E-state index in [1.54, 1.807) is 12.1 Å². The maximum absolute atomic E-state index is 13.3. The number of benzene rings is 2. The number of rotatable bonds is 4. The van der Waals surface area contributed by atoms with Crippen molar-refractivity contribution >= 4 is 16.9 Å². The number of fused-ring (bicyclic) bond motifs is 3. The number of aromatic nitrogens is 3. The molecule has 2 aliphatic heterocycles. The SMILES string of the molecule is C[C@@H](CC(=O)N1[C@@H]2CC[C@@H]1CC(c1ccc(F)cc1)C2)n1nnc2ccccc21. The zero-order chi connectivity index (χ0) is 20.0. The first kappa shape index (κ1) is 18.3. The monoisotopic (exact) mass is 392 g/mol. The summed E-state index contributed by atoms with van der Waals surface area (Å²) < 4.78 is 15.1. The van der Waals surface area contributed by atoms with E-state index >= 15 is 0 Å². The van der Waals surface area contributed by atoms with Crippen molar-refractivity contribution in [2.75, 3.05) is 0 Å². The summed E-state index contributed by atoms with van der Waals surface area (Å²) in [5.41, 5.74) is 3.01. The predicted octanol–water partition coefficient (Wildman–Crippen LogP) is 4.46. The second kappa shape index (κ2) is 7.25. The van der Waals surface area contributed by atoms with Gasteiger partial charge in [0.15, 0.2) is 0 Å². The summed E-state index contributed by atoms with van der Waals surface area (Å²) in [6.45, 7) is 2.03. The summed E-state index contributed by atoms with van der Waals surface area (Å²) >= 11 is 0. The normalized spacial score (nSPS) is 24.8. The zero-order valence-corrected chi connectivity index (χ0v) is 16.5. The first-order valence-corrected chi connectivity index (χ1v) is 10.5. The minimum absolute atomic E-state index is 0.0378. The number of carbonyl (C=O) groups is 1. The number of carbonyl (C=O) groups excluding carboxylic acids is 1. The van der Waals surface area contributed by atoms with Gasteiger partial charge < -0.3 is 4.90 Å². The van der Waals surface area contributed by atoms with Gasteiger partial charge in [-0.3, -0.25) is 4.79 Å². The third kappa shape index (κ3) is 3.30. The van der Waals surface area contributed by atoms with Gasteiger partial charge in [0.2, 0.25) is 5.91 Å². The molecule has 3 heterocycles. The molecule has 0 unspecified atom stereocenters. The number of para-hydroxylation sites is 1. The molecule has 2 saturated heterocycles. The van der Waals surface area contributed by atoms with E-state index in [1.165, 1.54) is 5.56 Å². The lowest BCUT2D eigenvalue weighted by Gasteiger charge is -2.39. The lowest BCUT2D eigenvalue weighted by molar-refractivity contribution is -0.136. The molecule has 3 atom stereocenters. The Morgan fingerprint density at radius 3 is 2.52 bits per heavy atom. The number of halogens is 1. The molecule has 29 heavy (non-hydrogen) atoms. The first-order valence-electron chi connectivity index (χ1n) is 10.5. The van der Waals surface area contributed by atoms with Crippen LogP contribution in [0.2, 0.25) is 0 Å². The van der Waals surface area contributed by atoms with Crippen LogP contribution in [0.3, 0.4) is 0 Å². The van der Waals surface area contributed by atoms with Crippen molar-refractivity contribution in [3.05, 3.63) is 59.9 Å². The van der Waals surface area contributed by atoms with Gasteiger partial charge in [0.1, 0.15) is 11.3 Å². The van der Waals surface area contributed by atoms with E-state index in [1.807, 2.05) is 48.0 Å². The molecule has 2 aliphatic rings. The maximum atomic E-state index is 13.3. The highest BCUT2D eigenvalue weighted by molar-refractivity contribution is 5.79. The van der Waals surface area contributed by atoms with Crippen LogP contribution in [0.5, 0.6) is 0 Å². The molecule has 2 fully saturated rings. The van der Waals surface area contributed by atoms with E-state index in [9.17, 15) is 9.18 Å². The Hall–Kier alpha value is -2.76. The quantitative estimate of drug-likeness (QED) is 0.659. The lowest BCUT2D eigenvalue weighted by atomic mass is 9.85. The fourth-order valence-corrected chi connectivity index (χ4v) is 5.25. The molecule has 2 bridgehead atoms. The standard InChI is InChI=1S/C23H25FN4O/c1-15(28-22-5-3-2-4-21(22)25-26-28)12-23(29)27-19-10-11-20(27)14-17(13-19)16-6-8-18(24)9-7-16/h2-9,15,17,19-20H,10-14H2,1H3/t15-,19+,20+/m0/s1. The largest absolute Gasteiger partial charge is 0.337 e. The number of hydrogen-bond donors (Lipinski definition) is 0. The molecule has 0 radical (unpaired) electrons. The summed E-state index contributed by atoms with van der Waals surface area (Å²) in [5.74, 6) is 0.426. The summed E-state index contributed by atoms with van der Waals surface area (Å²) in [4.78, 5) is 15.3. The van der Waals surface area contributed by atoms with Crippen molar-refractivity contribution in [1.82, 2.24) is 19.9 Å². The number of nitrogens with zero attached hydrogens (tertiary/aromatic N) is 4. The van der Waals surface area contributed by atoms with Crippen LogP contribution in [0.15, 0.2) is 48.5 Å². The average Bonchev–Trinajstić information content (AvgIpc) is 3.27. The third-order valence-corrected chi connectivity index (χ3v) is 6.63. The van der Waals surface area contributed by atoms with E-state index in [0.717, 1.165) is 36.7 Å². The minimum atomic E-state index is -0.195. The van der Waals surface area contributed by atoms with Crippen LogP contribution in [0.1, 0.15) is 56.6 Å². The van der Waals surface area contributed by atoms with E-state index in [2.05, 4.69) is 15.2 Å². The molecule has 0 saturated carbocycles. The van der Waals surface area contributed by atoms with Crippen LogP contribution >= 0.6 is 0 Å². The molecule has 0 N–H and O–H groups in total. The molecule has 0 spiro atoms. The number of amides is 1. The zero-order valence-electron chi connectivity index (χ0n) is 16.5. The fraction of sp³-hybridized carbons (Fsp3) is 0.435. The molecule has 0 aliphatic carbocycles. The van der Waals surface area contributed by atoms with Crippen LogP contribution in [0.4, 0.5) is 4.39 Å². The molecule has 2 aromatic carbocycles. The van der Waals surface area contributed by atoms with Crippen molar-refractivity contribution < 1.29 is 9.18 Å². The van der Waals surface area contributed by atoms with Crippen molar-refractivity contribution in [2.45, 2.75) is 63.1 Å². The van der Waals surface area contributed by atoms with Gasteiger partial charge in [-0.05, 0) is 68.4 Å². The highest BCUT2D eigenvalue weighted by atomic mass is 19.1. The van der Waals surface area contributed by atoms with Gasteiger partial charge >= 0.3 is 0 Å². The van der Waals surface area contributed by atoms with Crippen molar-refractivity contribution in [1.29, 1.82) is 0 Å². The Morgan fingerprint density at radius 2 is 1.79 bits per heavy atom. The first-order chi connectivity index (χ1) is 14.1. The fourth-order valence-electron chi connectivity index (χ4n) is 5.25. The number of piperidine rings is 1. The van der Waals surface area contributed by atoms with Crippen LogP contribution in [0.25, 0.3) is 11.0 Å². The smallest absolute Gasteiger partial charge is 0.225 e. The minimum Gasteiger partial charge on any atom is -0.337 e. The molecule has 1 amide bonds. The second-order valence-electron chi connectivity index (χ2n) is 8.48. The molecule has 1 aromatic heterocycles. The van der Waals surface area contributed by atoms with Gasteiger partial charge in [0, 0.05) is 18.5 Å². The molecular formula is C23H25FN4O. The Labute approximate surface area is 169 Å². The van der Waals surface area contributed by atoms with E-state index in [-0.39, 0.29) is 29.8 Å². The van der Waals surface area contributed by atoms with Crippen LogP contribution < -0.4 is 0 Å². The summed E-state index contributed by atoms with van der Waals surface area (Å²) in [6, 6.07) is 15.3. The average molecular weight is 392 g/mol. The van der Waals surface area contributed by atoms with Crippen molar-refractivity contribution in [3.8, 4) is 0 Å². The molecule has 150 valence electrons.